The SMILES string of the molecule is OCCOCCN1CCC2(O)CCCCC2C1. The first-order chi connectivity index (χ1) is 8.24. The molecule has 2 fully saturated rings. The van der Waals surface area contributed by atoms with Crippen LogP contribution in [-0.4, -0.2) is 60.2 Å². The highest BCUT2D eigenvalue weighted by Gasteiger charge is 2.42. The van der Waals surface area contributed by atoms with Crippen molar-refractivity contribution in [3.63, 3.8) is 0 Å². The molecule has 0 radical (unpaired) electrons. The van der Waals surface area contributed by atoms with Crippen LogP contribution in [0.3, 0.4) is 0 Å². The van der Waals surface area contributed by atoms with Crippen molar-refractivity contribution in [3.05, 3.63) is 0 Å². The molecule has 0 bridgehead atoms. The monoisotopic (exact) mass is 243 g/mol. The predicted molar refractivity (Wildman–Crippen MR) is 65.9 cm³/mol. The normalized spacial score (nSPS) is 34.6. The summed E-state index contributed by atoms with van der Waals surface area (Å²) in [6.07, 6.45) is 5.53. The van der Waals surface area contributed by atoms with E-state index in [-0.39, 0.29) is 12.2 Å². The number of piperidine rings is 1. The van der Waals surface area contributed by atoms with Gasteiger partial charge in [-0.1, -0.05) is 12.8 Å². The second kappa shape index (κ2) is 6.14. The summed E-state index contributed by atoms with van der Waals surface area (Å²) in [7, 11) is 0. The van der Waals surface area contributed by atoms with Crippen LogP contribution in [0.5, 0.6) is 0 Å². The number of rotatable bonds is 5. The summed E-state index contributed by atoms with van der Waals surface area (Å²) in [4.78, 5) is 2.39. The van der Waals surface area contributed by atoms with Crippen LogP contribution >= 0.6 is 0 Å². The molecule has 1 aliphatic carbocycles. The zero-order chi connectivity index (χ0) is 12.1. The van der Waals surface area contributed by atoms with Crippen LogP contribution in [0.25, 0.3) is 0 Å². The van der Waals surface area contributed by atoms with Crippen molar-refractivity contribution in [2.75, 3.05) is 39.5 Å². The molecule has 1 heterocycles. The van der Waals surface area contributed by atoms with Crippen LogP contribution in [0.15, 0.2) is 0 Å². The molecule has 4 heteroatoms. The van der Waals surface area contributed by atoms with Crippen LogP contribution in [0.2, 0.25) is 0 Å². The van der Waals surface area contributed by atoms with Crippen LogP contribution < -0.4 is 0 Å². The summed E-state index contributed by atoms with van der Waals surface area (Å²) in [5.74, 6) is 0.461. The third kappa shape index (κ3) is 3.41. The molecule has 17 heavy (non-hydrogen) atoms. The average molecular weight is 243 g/mol. The molecule has 2 rings (SSSR count). The fourth-order valence-electron chi connectivity index (χ4n) is 3.20. The van der Waals surface area contributed by atoms with Crippen molar-refractivity contribution >= 4 is 0 Å². The third-order valence-electron chi connectivity index (χ3n) is 4.30. The van der Waals surface area contributed by atoms with Gasteiger partial charge in [0, 0.05) is 25.6 Å². The summed E-state index contributed by atoms with van der Waals surface area (Å²) in [5.41, 5.74) is -0.374. The number of nitrogens with zero attached hydrogens (tertiary/aromatic N) is 1. The van der Waals surface area contributed by atoms with E-state index in [1.807, 2.05) is 0 Å². The van der Waals surface area contributed by atoms with E-state index in [1.54, 1.807) is 0 Å². The Kier molecular flexibility index (Phi) is 4.79. The van der Waals surface area contributed by atoms with E-state index >= 15 is 0 Å². The molecule has 0 amide bonds. The van der Waals surface area contributed by atoms with E-state index < -0.39 is 0 Å². The van der Waals surface area contributed by atoms with Gasteiger partial charge in [0.2, 0.25) is 0 Å². The standard InChI is InChI=1S/C13H25NO3/c15-8-10-17-9-7-14-6-5-13(16)4-2-1-3-12(13)11-14/h12,15-16H,1-11H2. The van der Waals surface area contributed by atoms with Gasteiger partial charge in [-0.05, 0) is 19.3 Å². The van der Waals surface area contributed by atoms with Gasteiger partial charge in [0.05, 0.1) is 25.4 Å². The maximum atomic E-state index is 10.5. The molecule has 0 aromatic carbocycles. The maximum absolute atomic E-state index is 10.5. The van der Waals surface area contributed by atoms with E-state index in [4.69, 9.17) is 9.84 Å². The van der Waals surface area contributed by atoms with E-state index in [1.165, 1.54) is 19.3 Å². The average Bonchev–Trinajstić information content (AvgIpc) is 2.34. The maximum Gasteiger partial charge on any atom is 0.0700 e. The number of aliphatic hydroxyl groups is 2. The zero-order valence-corrected chi connectivity index (χ0v) is 10.6. The Morgan fingerprint density at radius 2 is 2.12 bits per heavy atom. The quantitative estimate of drug-likeness (QED) is 0.695. The van der Waals surface area contributed by atoms with Crippen molar-refractivity contribution in [3.8, 4) is 0 Å². The van der Waals surface area contributed by atoms with Gasteiger partial charge < -0.3 is 19.8 Å². The Bertz CT molecular complexity index is 237. The Hall–Kier alpha value is -0.160. The number of aliphatic hydroxyl groups excluding tert-OH is 1. The topological polar surface area (TPSA) is 52.9 Å². The Morgan fingerprint density at radius 1 is 1.24 bits per heavy atom. The van der Waals surface area contributed by atoms with E-state index in [0.29, 0.717) is 19.1 Å². The molecular weight excluding hydrogens is 218 g/mol. The fourth-order valence-corrected chi connectivity index (χ4v) is 3.20. The van der Waals surface area contributed by atoms with Gasteiger partial charge in [-0.2, -0.15) is 0 Å². The highest BCUT2D eigenvalue weighted by Crippen LogP contribution is 2.39. The minimum atomic E-state index is -0.374. The lowest BCUT2D eigenvalue weighted by Crippen LogP contribution is -2.53. The first kappa shape index (κ1) is 13.3. The molecule has 2 atom stereocenters. The number of hydrogen-bond acceptors (Lipinski definition) is 4. The van der Waals surface area contributed by atoms with E-state index in [0.717, 1.165) is 32.5 Å². The van der Waals surface area contributed by atoms with E-state index in [2.05, 4.69) is 4.90 Å². The van der Waals surface area contributed by atoms with Crippen molar-refractivity contribution in [1.82, 2.24) is 4.90 Å². The van der Waals surface area contributed by atoms with Crippen molar-refractivity contribution < 1.29 is 14.9 Å². The van der Waals surface area contributed by atoms with Crippen molar-refractivity contribution in [2.24, 2.45) is 5.92 Å². The van der Waals surface area contributed by atoms with Gasteiger partial charge in [-0.3, -0.25) is 0 Å². The summed E-state index contributed by atoms with van der Waals surface area (Å²) in [6, 6.07) is 0. The molecule has 2 aliphatic rings. The molecule has 0 aromatic heterocycles. The summed E-state index contributed by atoms with van der Waals surface area (Å²) < 4.78 is 5.29. The highest BCUT2D eigenvalue weighted by atomic mass is 16.5. The second-order valence-electron chi connectivity index (χ2n) is 5.43. The number of ether oxygens (including phenoxy) is 1. The highest BCUT2D eigenvalue weighted by molar-refractivity contribution is 4.95. The Labute approximate surface area is 104 Å². The largest absolute Gasteiger partial charge is 0.394 e. The van der Waals surface area contributed by atoms with Crippen LogP contribution in [-0.2, 0) is 4.74 Å². The van der Waals surface area contributed by atoms with Crippen molar-refractivity contribution in [1.29, 1.82) is 0 Å². The lowest BCUT2D eigenvalue weighted by atomic mass is 9.71. The predicted octanol–water partition coefficient (Wildman–Crippen LogP) is 0.622. The second-order valence-corrected chi connectivity index (χ2v) is 5.43. The smallest absolute Gasteiger partial charge is 0.0700 e. The lowest BCUT2D eigenvalue weighted by molar-refractivity contribution is -0.0980. The molecule has 2 unspecified atom stereocenters. The molecule has 1 saturated heterocycles. The number of hydrogen-bond donors (Lipinski definition) is 2. The van der Waals surface area contributed by atoms with Gasteiger partial charge in [-0.25, -0.2) is 0 Å². The van der Waals surface area contributed by atoms with Gasteiger partial charge >= 0.3 is 0 Å². The molecule has 0 spiro atoms. The van der Waals surface area contributed by atoms with Crippen molar-refractivity contribution in [2.45, 2.75) is 37.7 Å². The third-order valence-corrected chi connectivity index (χ3v) is 4.30. The molecule has 100 valence electrons. The van der Waals surface area contributed by atoms with Gasteiger partial charge in [0.25, 0.3) is 0 Å². The molecule has 2 N–H and O–H groups in total. The van der Waals surface area contributed by atoms with E-state index in [9.17, 15) is 5.11 Å². The summed E-state index contributed by atoms with van der Waals surface area (Å²) >= 11 is 0. The molecule has 1 aliphatic heterocycles. The fraction of sp³-hybridized carbons (Fsp3) is 1.00. The summed E-state index contributed by atoms with van der Waals surface area (Å²) in [6.45, 7) is 4.14. The van der Waals surface area contributed by atoms with Gasteiger partial charge in [0.15, 0.2) is 0 Å². The molecule has 4 nitrogen and oxygen atoms in total. The van der Waals surface area contributed by atoms with Crippen LogP contribution in [0, 0.1) is 5.92 Å². The number of likely N-dealkylation sites (tertiary alicyclic amines) is 1. The van der Waals surface area contributed by atoms with Crippen LogP contribution in [0.1, 0.15) is 32.1 Å². The first-order valence-electron chi connectivity index (χ1n) is 6.88. The first-order valence-corrected chi connectivity index (χ1v) is 6.88. The molecular formula is C13H25NO3. The van der Waals surface area contributed by atoms with Crippen LogP contribution in [0.4, 0.5) is 0 Å². The van der Waals surface area contributed by atoms with Gasteiger partial charge in [-0.15, -0.1) is 0 Å². The minimum Gasteiger partial charge on any atom is -0.394 e. The Balaban J connectivity index is 1.73. The summed E-state index contributed by atoms with van der Waals surface area (Å²) in [5, 5.41) is 19.1. The number of fused-ring (bicyclic) bond motifs is 1. The molecule has 1 saturated carbocycles. The van der Waals surface area contributed by atoms with Gasteiger partial charge in [0.1, 0.15) is 0 Å². The Morgan fingerprint density at radius 3 is 2.94 bits per heavy atom. The lowest BCUT2D eigenvalue weighted by Gasteiger charge is -2.47. The molecule has 0 aromatic rings. The minimum absolute atomic E-state index is 0.0996. The zero-order valence-electron chi connectivity index (χ0n) is 10.6.